The highest BCUT2D eigenvalue weighted by Gasteiger charge is 2.75. The molecule has 2 bridgehead atoms. The maximum Gasteiger partial charge on any atom is 0.312 e. The molecule has 2 saturated heterocycles. The summed E-state index contributed by atoms with van der Waals surface area (Å²) in [6.45, 7) is 16.5. The van der Waals surface area contributed by atoms with Gasteiger partial charge in [0.2, 0.25) is 0 Å². The van der Waals surface area contributed by atoms with Crippen LogP contribution in [0.2, 0.25) is 0 Å². The number of carbonyl (C=O) groups excluding carboxylic acids is 1. The third-order valence-corrected chi connectivity index (χ3v) is 16.1. The summed E-state index contributed by atoms with van der Waals surface area (Å²) in [5.41, 5.74) is 0.0273. The van der Waals surface area contributed by atoms with Crippen LogP contribution in [0.3, 0.4) is 0 Å². The van der Waals surface area contributed by atoms with Crippen molar-refractivity contribution in [2.75, 3.05) is 6.61 Å². The van der Waals surface area contributed by atoms with Crippen LogP contribution in [0.15, 0.2) is 0 Å². The summed E-state index contributed by atoms with van der Waals surface area (Å²) in [4.78, 5) is 13.5. The molecule has 5 saturated carbocycles. The molecule has 7 aliphatic rings. The van der Waals surface area contributed by atoms with Gasteiger partial charge in [0.05, 0.1) is 18.1 Å². The van der Waals surface area contributed by atoms with E-state index in [1.807, 2.05) is 0 Å². The van der Waals surface area contributed by atoms with Gasteiger partial charge in [0, 0.05) is 11.3 Å². The monoisotopic (exact) mass is 618 g/mol. The number of carbonyl (C=O) groups is 1. The lowest BCUT2D eigenvalue weighted by molar-refractivity contribution is -0.332. The van der Waals surface area contributed by atoms with E-state index in [0.29, 0.717) is 23.7 Å². The van der Waals surface area contributed by atoms with Crippen molar-refractivity contribution < 1.29 is 39.4 Å². The van der Waals surface area contributed by atoms with Crippen molar-refractivity contribution in [2.24, 2.45) is 56.2 Å². The van der Waals surface area contributed by atoms with Crippen LogP contribution >= 0.6 is 0 Å². The number of fused-ring (bicyclic) bond motifs is 5. The number of hydrogen-bond acceptors (Lipinski definition) is 8. The van der Waals surface area contributed by atoms with Gasteiger partial charge >= 0.3 is 5.97 Å². The van der Waals surface area contributed by atoms with E-state index >= 15 is 0 Å². The van der Waals surface area contributed by atoms with Crippen molar-refractivity contribution in [3.8, 4) is 0 Å². The number of aliphatic hydroxyl groups excluding tert-OH is 4. The number of ether oxygens (including phenoxy) is 3. The van der Waals surface area contributed by atoms with Crippen LogP contribution < -0.4 is 0 Å². The highest BCUT2D eigenvalue weighted by Crippen LogP contribution is 2.78. The predicted octanol–water partition coefficient (Wildman–Crippen LogP) is 4.59. The van der Waals surface area contributed by atoms with Gasteiger partial charge in [0.1, 0.15) is 30.5 Å². The summed E-state index contributed by atoms with van der Waals surface area (Å²) in [7, 11) is 0. The third kappa shape index (κ3) is 3.87. The van der Waals surface area contributed by atoms with E-state index in [-0.39, 0.29) is 50.7 Å². The second-order valence-corrected chi connectivity index (χ2v) is 18.3. The first kappa shape index (κ1) is 31.8. The molecule has 15 atom stereocenters. The molecule has 8 nitrogen and oxygen atoms in total. The molecule has 7 fully saturated rings. The number of rotatable bonds is 3. The van der Waals surface area contributed by atoms with Gasteiger partial charge in [-0.3, -0.25) is 4.79 Å². The zero-order chi connectivity index (χ0) is 31.8. The second-order valence-electron chi connectivity index (χ2n) is 18.3. The van der Waals surface area contributed by atoms with Gasteiger partial charge in [0.25, 0.3) is 0 Å². The average Bonchev–Trinajstić information content (AvgIpc) is 3.22. The van der Waals surface area contributed by atoms with E-state index in [4.69, 9.17) is 14.2 Å². The first-order valence-corrected chi connectivity index (χ1v) is 17.6. The molecular weight excluding hydrogens is 560 g/mol. The minimum atomic E-state index is -1.44. The zero-order valence-electron chi connectivity index (χ0n) is 28.1. The molecule has 0 amide bonds. The average molecular weight is 619 g/mol. The van der Waals surface area contributed by atoms with Crippen molar-refractivity contribution in [2.45, 2.75) is 156 Å². The van der Waals surface area contributed by atoms with Gasteiger partial charge < -0.3 is 34.6 Å². The molecule has 0 radical (unpaired) electrons. The molecule has 0 spiro atoms. The Kier molecular flexibility index (Phi) is 7.14. The molecule has 0 unspecified atom stereocenters. The van der Waals surface area contributed by atoms with Gasteiger partial charge in [-0.2, -0.15) is 0 Å². The van der Waals surface area contributed by atoms with Gasteiger partial charge in [-0.25, -0.2) is 0 Å². The maximum absolute atomic E-state index is 13.5. The Hall–Kier alpha value is -0.770. The van der Waals surface area contributed by atoms with E-state index in [9.17, 15) is 25.2 Å². The van der Waals surface area contributed by atoms with Crippen molar-refractivity contribution in [1.82, 2.24) is 0 Å². The first-order valence-electron chi connectivity index (χ1n) is 17.6. The Labute approximate surface area is 263 Å². The minimum absolute atomic E-state index is 0.0311. The lowest BCUT2D eigenvalue weighted by atomic mass is 9.31. The zero-order valence-corrected chi connectivity index (χ0v) is 28.1. The summed E-state index contributed by atoms with van der Waals surface area (Å²) in [5.74, 6) is 1.93. The van der Waals surface area contributed by atoms with Gasteiger partial charge in [-0.15, -0.1) is 0 Å². The highest BCUT2D eigenvalue weighted by atomic mass is 16.7. The van der Waals surface area contributed by atoms with Crippen molar-refractivity contribution in [1.29, 1.82) is 0 Å². The van der Waals surface area contributed by atoms with Crippen molar-refractivity contribution in [3.05, 3.63) is 0 Å². The van der Waals surface area contributed by atoms with E-state index in [1.54, 1.807) is 0 Å². The summed E-state index contributed by atoms with van der Waals surface area (Å²) in [5, 5.41) is 41.1. The standard InChI is InChI=1S/C36H58O8/c1-31(2)14-16-36-17-15-34(6)19(24(36)28(31)44-30(36)41)8-9-22-33(5)12-11-23(32(3,4)21(33)10-13-35(22,34)7)43-29-27(40)26(39)25(38)20(18-37)42-29/h19-29,37-40H,8-18H2,1-7H3/t19-,20-,21+,22-,23+,24+,25-,26+,27-,28+,29+,33+,34-,35-,36+/m1/s1. The smallest absolute Gasteiger partial charge is 0.312 e. The largest absolute Gasteiger partial charge is 0.461 e. The molecule has 5 aliphatic carbocycles. The second kappa shape index (κ2) is 9.88. The lowest BCUT2D eigenvalue weighted by Gasteiger charge is -2.73. The SMILES string of the molecule is CC1(C)CC[C@]23CC[C@]4(C)[C@H](CC[C@@H]5[C@@]6(C)CC[C@H](O[C@@H]7O[C@H](CO)[C@@H](O)[C@H](O)[C@H]7O)C(C)(C)[C@@H]6CC[C@]54C)[C@H]2[C@@H]1OC3=O. The normalized spacial score (nSPS) is 57.3. The van der Waals surface area contributed by atoms with Crippen LogP contribution in [-0.2, 0) is 19.0 Å². The summed E-state index contributed by atoms with van der Waals surface area (Å²) in [6, 6.07) is 0. The fourth-order valence-corrected chi connectivity index (χ4v) is 13.4. The van der Waals surface area contributed by atoms with Crippen LogP contribution in [0.4, 0.5) is 0 Å². The molecule has 250 valence electrons. The van der Waals surface area contributed by atoms with Crippen LogP contribution in [0.25, 0.3) is 0 Å². The number of hydrogen-bond donors (Lipinski definition) is 4. The molecule has 7 rings (SSSR count). The highest BCUT2D eigenvalue weighted by molar-refractivity contribution is 5.81. The molecule has 0 aromatic heterocycles. The Morgan fingerprint density at radius 2 is 1.48 bits per heavy atom. The van der Waals surface area contributed by atoms with E-state index in [2.05, 4.69) is 48.5 Å². The van der Waals surface area contributed by atoms with E-state index in [0.717, 1.165) is 51.4 Å². The molecular formula is C36H58O8. The topological polar surface area (TPSA) is 126 Å². The maximum atomic E-state index is 13.5. The summed E-state index contributed by atoms with van der Waals surface area (Å²) < 4.78 is 18.6. The molecule has 2 aliphatic heterocycles. The van der Waals surface area contributed by atoms with Gasteiger partial charge in [0.15, 0.2) is 6.29 Å². The minimum Gasteiger partial charge on any atom is -0.461 e. The fourth-order valence-electron chi connectivity index (χ4n) is 13.4. The van der Waals surface area contributed by atoms with Crippen LogP contribution in [-0.4, -0.2) is 75.9 Å². The molecule has 2 heterocycles. The van der Waals surface area contributed by atoms with E-state index < -0.39 is 37.3 Å². The third-order valence-electron chi connectivity index (χ3n) is 16.1. The molecule has 0 aromatic carbocycles. The van der Waals surface area contributed by atoms with Crippen molar-refractivity contribution in [3.63, 3.8) is 0 Å². The van der Waals surface area contributed by atoms with Gasteiger partial charge in [-0.1, -0.05) is 48.5 Å². The van der Waals surface area contributed by atoms with Crippen LogP contribution in [0.1, 0.15) is 113 Å². The molecule has 44 heavy (non-hydrogen) atoms. The van der Waals surface area contributed by atoms with Crippen molar-refractivity contribution >= 4 is 5.97 Å². The Morgan fingerprint density at radius 1 is 0.773 bits per heavy atom. The summed E-state index contributed by atoms with van der Waals surface area (Å²) in [6.07, 6.45) is 4.17. The number of aliphatic hydroxyl groups is 4. The Balaban J connectivity index is 1.15. The number of esters is 1. The van der Waals surface area contributed by atoms with Crippen LogP contribution in [0, 0.1) is 56.2 Å². The Morgan fingerprint density at radius 3 is 2.18 bits per heavy atom. The van der Waals surface area contributed by atoms with Gasteiger partial charge in [-0.05, 0) is 104 Å². The quantitative estimate of drug-likeness (QED) is 0.268. The molecule has 0 aromatic rings. The van der Waals surface area contributed by atoms with Crippen LogP contribution in [0.5, 0.6) is 0 Å². The lowest BCUT2D eigenvalue weighted by Crippen LogP contribution is -2.68. The molecule has 8 heteroatoms. The Bertz CT molecular complexity index is 1170. The van der Waals surface area contributed by atoms with E-state index in [1.165, 1.54) is 12.8 Å². The fraction of sp³-hybridized carbons (Fsp3) is 0.972. The predicted molar refractivity (Wildman–Crippen MR) is 163 cm³/mol. The summed E-state index contributed by atoms with van der Waals surface area (Å²) >= 11 is 0. The molecule has 4 N–H and O–H groups in total. The first-order chi connectivity index (χ1) is 20.5.